The molecule has 88 valence electrons. The monoisotopic (exact) mass is 225 g/mol. The number of anilines is 1. The van der Waals surface area contributed by atoms with Crippen LogP contribution in [0.1, 0.15) is 12.8 Å². The summed E-state index contributed by atoms with van der Waals surface area (Å²) in [6, 6.07) is 0. The molecule has 1 aromatic heterocycles. The molecule has 2 rings (SSSR count). The predicted octanol–water partition coefficient (Wildman–Crippen LogP) is -0.277. The summed E-state index contributed by atoms with van der Waals surface area (Å²) < 4.78 is 5.17. The van der Waals surface area contributed by atoms with Gasteiger partial charge in [0.25, 0.3) is 5.56 Å². The summed E-state index contributed by atoms with van der Waals surface area (Å²) in [4.78, 5) is 17.7. The van der Waals surface area contributed by atoms with Gasteiger partial charge in [0.05, 0.1) is 5.60 Å². The molecule has 0 aliphatic carbocycles. The second kappa shape index (κ2) is 4.63. The quantitative estimate of drug-likeness (QED) is 0.658. The second-order valence-corrected chi connectivity index (χ2v) is 3.96. The molecule has 6 heteroatoms. The van der Waals surface area contributed by atoms with Crippen molar-refractivity contribution in [3.8, 4) is 0 Å². The van der Waals surface area contributed by atoms with Gasteiger partial charge in [0.15, 0.2) is 5.82 Å². The van der Waals surface area contributed by atoms with Crippen LogP contribution in [0.25, 0.3) is 0 Å². The third-order valence-corrected chi connectivity index (χ3v) is 2.72. The van der Waals surface area contributed by atoms with Gasteiger partial charge in [-0.25, -0.2) is 4.98 Å². The Bertz CT molecular complexity index is 398. The van der Waals surface area contributed by atoms with E-state index in [9.17, 15) is 9.90 Å². The number of ether oxygens (including phenoxy) is 1. The van der Waals surface area contributed by atoms with Crippen molar-refractivity contribution >= 4 is 5.82 Å². The fourth-order valence-corrected chi connectivity index (χ4v) is 1.65. The maximum Gasteiger partial charge on any atom is 0.290 e. The smallest absolute Gasteiger partial charge is 0.290 e. The van der Waals surface area contributed by atoms with Crippen molar-refractivity contribution in [1.82, 2.24) is 9.97 Å². The van der Waals surface area contributed by atoms with Crippen LogP contribution in [0.3, 0.4) is 0 Å². The Labute approximate surface area is 92.7 Å². The normalized spacial score (nSPS) is 19.3. The average molecular weight is 225 g/mol. The molecule has 0 radical (unpaired) electrons. The van der Waals surface area contributed by atoms with Crippen LogP contribution in [0.2, 0.25) is 0 Å². The molecule has 1 aliphatic rings. The van der Waals surface area contributed by atoms with Crippen LogP contribution in [0.5, 0.6) is 0 Å². The van der Waals surface area contributed by atoms with Gasteiger partial charge in [-0.2, -0.15) is 0 Å². The van der Waals surface area contributed by atoms with E-state index in [4.69, 9.17) is 4.74 Å². The van der Waals surface area contributed by atoms with Crippen molar-refractivity contribution in [2.45, 2.75) is 18.4 Å². The van der Waals surface area contributed by atoms with Crippen LogP contribution in [0, 0.1) is 0 Å². The van der Waals surface area contributed by atoms with Crippen molar-refractivity contribution in [3.63, 3.8) is 0 Å². The van der Waals surface area contributed by atoms with E-state index >= 15 is 0 Å². The number of H-pyrrole nitrogens is 1. The van der Waals surface area contributed by atoms with Crippen molar-refractivity contribution in [1.29, 1.82) is 0 Å². The zero-order valence-corrected chi connectivity index (χ0v) is 8.90. The number of hydrogen-bond donors (Lipinski definition) is 3. The summed E-state index contributed by atoms with van der Waals surface area (Å²) in [5.41, 5.74) is -1.08. The van der Waals surface area contributed by atoms with Gasteiger partial charge in [0.2, 0.25) is 0 Å². The number of aliphatic hydroxyl groups is 1. The molecule has 6 nitrogen and oxygen atoms in total. The van der Waals surface area contributed by atoms with E-state index in [0.29, 0.717) is 32.6 Å². The van der Waals surface area contributed by atoms with E-state index in [0.717, 1.165) is 0 Å². The maximum absolute atomic E-state index is 11.3. The largest absolute Gasteiger partial charge is 0.388 e. The molecule has 0 amide bonds. The summed E-state index contributed by atoms with van der Waals surface area (Å²) in [5, 5.41) is 13.0. The number of aromatic nitrogens is 2. The molecule has 1 saturated heterocycles. The van der Waals surface area contributed by atoms with Crippen LogP contribution >= 0.6 is 0 Å². The first-order valence-corrected chi connectivity index (χ1v) is 5.27. The van der Waals surface area contributed by atoms with Crippen molar-refractivity contribution in [2.24, 2.45) is 0 Å². The average Bonchev–Trinajstić information content (AvgIpc) is 2.29. The number of rotatable bonds is 3. The molecule has 0 aromatic carbocycles. The first kappa shape index (κ1) is 11.1. The molecule has 1 aliphatic heterocycles. The predicted molar refractivity (Wildman–Crippen MR) is 58.4 cm³/mol. The van der Waals surface area contributed by atoms with Gasteiger partial charge < -0.3 is 20.1 Å². The van der Waals surface area contributed by atoms with Crippen molar-refractivity contribution in [2.75, 3.05) is 25.1 Å². The van der Waals surface area contributed by atoms with E-state index in [1.807, 2.05) is 0 Å². The van der Waals surface area contributed by atoms with Crippen molar-refractivity contribution in [3.05, 3.63) is 22.7 Å². The van der Waals surface area contributed by atoms with Crippen LogP contribution in [0.4, 0.5) is 5.82 Å². The van der Waals surface area contributed by atoms with Crippen LogP contribution in [-0.2, 0) is 4.74 Å². The molecule has 16 heavy (non-hydrogen) atoms. The maximum atomic E-state index is 11.3. The first-order valence-electron chi connectivity index (χ1n) is 5.27. The molecule has 3 N–H and O–H groups in total. The molecule has 2 heterocycles. The zero-order chi connectivity index (χ0) is 11.4. The molecule has 0 bridgehead atoms. The standard InChI is InChI=1S/C10H15N3O3/c14-9-8(11-3-4-12-9)13-7-10(15)1-5-16-6-2-10/h3-4,15H,1-2,5-7H2,(H,11,13)(H,12,14). The SMILES string of the molecule is O=c1[nH]ccnc1NCC1(O)CCOCC1. The van der Waals surface area contributed by atoms with Crippen LogP contribution in [-0.4, -0.2) is 40.4 Å². The summed E-state index contributed by atoms with van der Waals surface area (Å²) in [7, 11) is 0. The fraction of sp³-hybridized carbons (Fsp3) is 0.600. The molecule has 0 atom stereocenters. The Morgan fingerprint density at radius 3 is 3.00 bits per heavy atom. The second-order valence-electron chi connectivity index (χ2n) is 3.96. The highest BCUT2D eigenvalue weighted by Gasteiger charge is 2.29. The number of hydrogen-bond acceptors (Lipinski definition) is 5. The minimum atomic E-state index is -0.803. The minimum absolute atomic E-state index is 0.238. The lowest BCUT2D eigenvalue weighted by Gasteiger charge is -2.32. The highest BCUT2D eigenvalue weighted by atomic mass is 16.5. The Hall–Kier alpha value is -1.40. The summed E-state index contributed by atoms with van der Waals surface area (Å²) in [5.74, 6) is 0.238. The topological polar surface area (TPSA) is 87.2 Å². The lowest BCUT2D eigenvalue weighted by molar-refractivity contribution is -0.0543. The lowest BCUT2D eigenvalue weighted by atomic mass is 9.94. The Morgan fingerprint density at radius 2 is 2.31 bits per heavy atom. The number of aromatic amines is 1. The van der Waals surface area contributed by atoms with E-state index in [2.05, 4.69) is 15.3 Å². The highest BCUT2D eigenvalue weighted by Crippen LogP contribution is 2.20. The van der Waals surface area contributed by atoms with Gasteiger partial charge in [-0.05, 0) is 0 Å². The third kappa shape index (κ3) is 2.59. The molecule has 1 aromatic rings. The lowest BCUT2D eigenvalue weighted by Crippen LogP contribution is -2.43. The van der Waals surface area contributed by atoms with Gasteiger partial charge in [-0.3, -0.25) is 4.79 Å². The summed E-state index contributed by atoms with van der Waals surface area (Å²) in [6.07, 6.45) is 4.11. The van der Waals surface area contributed by atoms with Crippen LogP contribution in [0.15, 0.2) is 17.2 Å². The van der Waals surface area contributed by atoms with E-state index < -0.39 is 5.60 Å². The number of nitrogens with zero attached hydrogens (tertiary/aromatic N) is 1. The third-order valence-electron chi connectivity index (χ3n) is 2.72. The van der Waals surface area contributed by atoms with E-state index in [1.54, 1.807) is 0 Å². The van der Waals surface area contributed by atoms with Crippen molar-refractivity contribution < 1.29 is 9.84 Å². The van der Waals surface area contributed by atoms with Gasteiger partial charge in [0.1, 0.15) is 0 Å². The fourth-order valence-electron chi connectivity index (χ4n) is 1.65. The Kier molecular flexibility index (Phi) is 3.21. The van der Waals surface area contributed by atoms with Gasteiger partial charge in [-0.15, -0.1) is 0 Å². The molecule has 0 unspecified atom stereocenters. The zero-order valence-electron chi connectivity index (χ0n) is 8.90. The molecule has 1 fully saturated rings. The molecule has 0 saturated carbocycles. The van der Waals surface area contributed by atoms with Gasteiger partial charge in [-0.1, -0.05) is 0 Å². The molecular formula is C10H15N3O3. The Morgan fingerprint density at radius 1 is 1.56 bits per heavy atom. The first-order chi connectivity index (χ1) is 7.70. The summed E-state index contributed by atoms with van der Waals surface area (Å²) >= 11 is 0. The highest BCUT2D eigenvalue weighted by molar-refractivity contribution is 5.30. The van der Waals surface area contributed by atoms with E-state index in [1.165, 1.54) is 12.4 Å². The number of nitrogens with one attached hydrogen (secondary N) is 2. The van der Waals surface area contributed by atoms with Gasteiger partial charge in [0, 0.05) is 45.0 Å². The minimum Gasteiger partial charge on any atom is -0.388 e. The van der Waals surface area contributed by atoms with E-state index in [-0.39, 0.29) is 11.4 Å². The van der Waals surface area contributed by atoms with Gasteiger partial charge >= 0.3 is 0 Å². The molecule has 0 spiro atoms. The Balaban J connectivity index is 1.96. The molecular weight excluding hydrogens is 210 g/mol. The summed E-state index contributed by atoms with van der Waals surface area (Å²) in [6.45, 7) is 1.42. The van der Waals surface area contributed by atoms with Crippen LogP contribution < -0.4 is 10.9 Å².